The van der Waals surface area contributed by atoms with Crippen molar-refractivity contribution < 1.29 is 24.0 Å². The lowest BCUT2D eigenvalue weighted by atomic mass is 10.1. The normalized spacial score (nSPS) is 11.8. The monoisotopic (exact) mass is 332 g/mol. The first-order valence-corrected chi connectivity index (χ1v) is 7.52. The SMILES string of the molecule is Cc1noc(C)c1COc1ccc(CC(=O)N[C@@H](C)C(=O)O)cc1. The van der Waals surface area contributed by atoms with E-state index in [9.17, 15) is 9.59 Å². The molecule has 24 heavy (non-hydrogen) atoms. The van der Waals surface area contributed by atoms with Gasteiger partial charge in [-0.3, -0.25) is 9.59 Å². The number of nitrogens with one attached hydrogen (secondary N) is 1. The molecule has 0 radical (unpaired) electrons. The Morgan fingerprint density at radius 2 is 1.96 bits per heavy atom. The van der Waals surface area contributed by atoms with E-state index in [2.05, 4.69) is 10.5 Å². The van der Waals surface area contributed by atoms with Gasteiger partial charge in [0.1, 0.15) is 24.2 Å². The van der Waals surface area contributed by atoms with Gasteiger partial charge in [0.05, 0.1) is 17.7 Å². The van der Waals surface area contributed by atoms with Crippen LogP contribution in [0.5, 0.6) is 5.75 Å². The number of carbonyl (C=O) groups is 2. The van der Waals surface area contributed by atoms with Crippen LogP contribution in [0.2, 0.25) is 0 Å². The van der Waals surface area contributed by atoms with Crippen molar-refractivity contribution in [3.05, 3.63) is 46.8 Å². The van der Waals surface area contributed by atoms with Crippen molar-refractivity contribution in [2.45, 2.75) is 39.8 Å². The first-order valence-electron chi connectivity index (χ1n) is 7.52. The summed E-state index contributed by atoms with van der Waals surface area (Å²) >= 11 is 0. The van der Waals surface area contributed by atoms with Crippen molar-refractivity contribution >= 4 is 11.9 Å². The molecular formula is C17H20N2O5. The molecule has 2 N–H and O–H groups in total. The van der Waals surface area contributed by atoms with Gasteiger partial charge in [-0.1, -0.05) is 17.3 Å². The van der Waals surface area contributed by atoms with Crippen LogP contribution in [0.3, 0.4) is 0 Å². The predicted octanol–water partition coefficient (Wildman–Crippen LogP) is 2.00. The highest BCUT2D eigenvalue weighted by atomic mass is 16.5. The molecule has 0 fully saturated rings. The summed E-state index contributed by atoms with van der Waals surface area (Å²) in [7, 11) is 0. The van der Waals surface area contributed by atoms with Crippen molar-refractivity contribution in [2.24, 2.45) is 0 Å². The van der Waals surface area contributed by atoms with Gasteiger partial charge in [0.15, 0.2) is 0 Å². The van der Waals surface area contributed by atoms with E-state index in [1.165, 1.54) is 6.92 Å². The van der Waals surface area contributed by atoms with Gasteiger partial charge >= 0.3 is 5.97 Å². The molecule has 0 bridgehead atoms. The van der Waals surface area contributed by atoms with Crippen LogP contribution in [-0.2, 0) is 22.6 Å². The Hall–Kier alpha value is -2.83. The molecule has 7 heteroatoms. The number of aromatic nitrogens is 1. The lowest BCUT2D eigenvalue weighted by Crippen LogP contribution is -2.39. The van der Waals surface area contributed by atoms with E-state index in [-0.39, 0.29) is 12.3 Å². The third kappa shape index (κ3) is 4.58. The summed E-state index contributed by atoms with van der Waals surface area (Å²) in [6, 6.07) is 6.17. The number of carboxylic acids is 1. The summed E-state index contributed by atoms with van der Waals surface area (Å²) in [5.74, 6) is -0.00730. The van der Waals surface area contributed by atoms with E-state index < -0.39 is 12.0 Å². The van der Waals surface area contributed by atoms with Crippen molar-refractivity contribution in [3.63, 3.8) is 0 Å². The number of aliphatic carboxylic acids is 1. The van der Waals surface area contributed by atoms with Gasteiger partial charge in [-0.05, 0) is 38.5 Å². The maximum Gasteiger partial charge on any atom is 0.325 e. The van der Waals surface area contributed by atoms with Gasteiger partial charge in [0.25, 0.3) is 0 Å². The second kappa shape index (κ2) is 7.63. The molecule has 1 aromatic heterocycles. The molecule has 0 unspecified atom stereocenters. The van der Waals surface area contributed by atoms with Crippen LogP contribution in [0.15, 0.2) is 28.8 Å². The molecule has 0 spiro atoms. The van der Waals surface area contributed by atoms with Gasteiger partial charge in [-0.25, -0.2) is 0 Å². The number of rotatable bonds is 7. The van der Waals surface area contributed by atoms with E-state index >= 15 is 0 Å². The fourth-order valence-corrected chi connectivity index (χ4v) is 2.11. The molecule has 0 aliphatic carbocycles. The minimum Gasteiger partial charge on any atom is -0.489 e. The number of ether oxygens (including phenoxy) is 1. The average molecular weight is 332 g/mol. The second-order valence-electron chi connectivity index (χ2n) is 5.54. The molecule has 0 saturated carbocycles. The Bertz CT molecular complexity index is 702. The van der Waals surface area contributed by atoms with E-state index in [0.717, 1.165) is 22.6 Å². The summed E-state index contributed by atoms with van der Waals surface area (Å²) in [5, 5.41) is 15.0. The first-order chi connectivity index (χ1) is 11.4. The molecule has 0 saturated heterocycles. The summed E-state index contributed by atoms with van der Waals surface area (Å²) in [4.78, 5) is 22.5. The van der Waals surface area contributed by atoms with Crippen LogP contribution in [-0.4, -0.2) is 28.2 Å². The summed E-state index contributed by atoms with van der Waals surface area (Å²) in [6.45, 7) is 5.47. The maximum absolute atomic E-state index is 11.7. The maximum atomic E-state index is 11.7. The standard InChI is InChI=1S/C17H20N2O5/c1-10-15(12(3)24-19-10)9-23-14-6-4-13(5-7-14)8-16(20)18-11(2)17(21)22/h4-7,11H,8-9H2,1-3H3,(H,18,20)(H,21,22)/t11-/m0/s1. The highest BCUT2D eigenvalue weighted by Gasteiger charge is 2.14. The molecule has 1 aromatic carbocycles. The van der Waals surface area contributed by atoms with E-state index in [4.69, 9.17) is 14.4 Å². The molecule has 1 amide bonds. The third-order valence-corrected chi connectivity index (χ3v) is 3.60. The highest BCUT2D eigenvalue weighted by Crippen LogP contribution is 2.18. The largest absolute Gasteiger partial charge is 0.489 e. The lowest BCUT2D eigenvalue weighted by Gasteiger charge is -2.10. The minimum atomic E-state index is -1.06. The molecule has 128 valence electrons. The zero-order valence-corrected chi connectivity index (χ0v) is 13.8. The van der Waals surface area contributed by atoms with Gasteiger partial charge in [-0.15, -0.1) is 0 Å². The Morgan fingerprint density at radius 3 is 2.50 bits per heavy atom. The van der Waals surface area contributed by atoms with Gasteiger partial charge in [0, 0.05) is 0 Å². The zero-order valence-electron chi connectivity index (χ0n) is 13.8. The van der Waals surface area contributed by atoms with Crippen molar-refractivity contribution in [3.8, 4) is 5.75 Å². The summed E-state index contributed by atoms with van der Waals surface area (Å²) in [6.07, 6.45) is 0.113. The van der Waals surface area contributed by atoms with Crippen LogP contribution in [0.4, 0.5) is 0 Å². The van der Waals surface area contributed by atoms with Gasteiger partial charge in [-0.2, -0.15) is 0 Å². The zero-order chi connectivity index (χ0) is 17.7. The van der Waals surface area contributed by atoms with Crippen LogP contribution in [0.1, 0.15) is 29.5 Å². The molecule has 0 aliphatic heterocycles. The van der Waals surface area contributed by atoms with E-state index in [0.29, 0.717) is 12.4 Å². The smallest absolute Gasteiger partial charge is 0.325 e. The molecule has 1 heterocycles. The first kappa shape index (κ1) is 17.5. The molecule has 2 rings (SSSR count). The second-order valence-corrected chi connectivity index (χ2v) is 5.54. The number of amides is 1. The third-order valence-electron chi connectivity index (χ3n) is 3.60. The molecular weight excluding hydrogens is 312 g/mol. The predicted molar refractivity (Wildman–Crippen MR) is 85.7 cm³/mol. The Labute approximate surface area is 139 Å². The number of carbonyl (C=O) groups excluding carboxylic acids is 1. The quantitative estimate of drug-likeness (QED) is 0.804. The van der Waals surface area contributed by atoms with Gasteiger partial charge < -0.3 is 19.7 Å². The fraction of sp³-hybridized carbons (Fsp3) is 0.353. The summed E-state index contributed by atoms with van der Waals surface area (Å²) in [5.41, 5.74) is 2.49. The number of benzene rings is 1. The molecule has 2 aromatic rings. The van der Waals surface area contributed by atoms with Gasteiger partial charge in [0.2, 0.25) is 5.91 Å². The van der Waals surface area contributed by atoms with Crippen LogP contribution >= 0.6 is 0 Å². The lowest BCUT2D eigenvalue weighted by molar-refractivity contribution is -0.141. The Morgan fingerprint density at radius 1 is 1.29 bits per heavy atom. The van der Waals surface area contributed by atoms with Crippen molar-refractivity contribution in [1.82, 2.24) is 10.5 Å². The molecule has 1 atom stereocenters. The Kier molecular flexibility index (Phi) is 5.57. The summed E-state index contributed by atoms with van der Waals surface area (Å²) < 4.78 is 10.8. The van der Waals surface area contributed by atoms with E-state index in [1.54, 1.807) is 24.3 Å². The fourth-order valence-electron chi connectivity index (χ4n) is 2.11. The van der Waals surface area contributed by atoms with E-state index in [1.807, 2.05) is 13.8 Å². The molecule has 7 nitrogen and oxygen atoms in total. The number of hydrogen-bond acceptors (Lipinski definition) is 5. The highest BCUT2D eigenvalue weighted by molar-refractivity contribution is 5.84. The Balaban J connectivity index is 1.89. The van der Waals surface area contributed by atoms with Crippen molar-refractivity contribution in [1.29, 1.82) is 0 Å². The number of aryl methyl sites for hydroxylation is 2. The minimum absolute atomic E-state index is 0.113. The van der Waals surface area contributed by atoms with Crippen LogP contribution in [0, 0.1) is 13.8 Å². The number of carboxylic acid groups (broad SMARTS) is 1. The molecule has 0 aliphatic rings. The van der Waals surface area contributed by atoms with Crippen LogP contribution < -0.4 is 10.1 Å². The average Bonchev–Trinajstić information content (AvgIpc) is 2.85. The number of hydrogen-bond donors (Lipinski definition) is 2. The van der Waals surface area contributed by atoms with Crippen molar-refractivity contribution in [2.75, 3.05) is 0 Å². The number of nitrogens with zero attached hydrogens (tertiary/aromatic N) is 1. The topological polar surface area (TPSA) is 102 Å². The van der Waals surface area contributed by atoms with Crippen LogP contribution in [0.25, 0.3) is 0 Å².